The predicted molar refractivity (Wildman–Crippen MR) is 138 cm³/mol. The van der Waals surface area contributed by atoms with Crippen LogP contribution in [0.15, 0.2) is 91.0 Å². The summed E-state index contributed by atoms with van der Waals surface area (Å²) in [5.41, 5.74) is 3.84. The molecule has 1 aliphatic heterocycles. The van der Waals surface area contributed by atoms with Crippen molar-refractivity contribution in [3.63, 3.8) is 0 Å². The minimum absolute atomic E-state index is 0.0451. The summed E-state index contributed by atoms with van der Waals surface area (Å²) in [6, 6.07) is 29.7. The second kappa shape index (κ2) is 10.5. The molecule has 35 heavy (non-hydrogen) atoms. The van der Waals surface area contributed by atoms with E-state index in [-0.39, 0.29) is 18.9 Å². The van der Waals surface area contributed by atoms with E-state index in [2.05, 4.69) is 12.1 Å². The molecular formula is C28H25N3O3S. The van der Waals surface area contributed by atoms with Crippen LogP contribution in [0.2, 0.25) is 0 Å². The van der Waals surface area contributed by atoms with Gasteiger partial charge in [-0.25, -0.2) is 9.78 Å². The fourth-order valence-electron chi connectivity index (χ4n) is 4.02. The lowest BCUT2D eigenvalue weighted by Gasteiger charge is -2.20. The van der Waals surface area contributed by atoms with Crippen molar-refractivity contribution in [2.45, 2.75) is 13.0 Å². The Morgan fingerprint density at radius 2 is 1.46 bits per heavy atom. The summed E-state index contributed by atoms with van der Waals surface area (Å²) in [6.45, 7) is 1.29. The van der Waals surface area contributed by atoms with Gasteiger partial charge in [0.15, 0.2) is 5.13 Å². The molecule has 0 spiro atoms. The van der Waals surface area contributed by atoms with Crippen LogP contribution >= 0.6 is 11.3 Å². The molecule has 0 aliphatic carbocycles. The van der Waals surface area contributed by atoms with E-state index in [1.54, 1.807) is 9.80 Å². The minimum atomic E-state index is -0.405. The van der Waals surface area contributed by atoms with Gasteiger partial charge in [-0.1, -0.05) is 102 Å². The van der Waals surface area contributed by atoms with Crippen molar-refractivity contribution in [2.24, 2.45) is 0 Å². The van der Waals surface area contributed by atoms with Crippen LogP contribution in [-0.4, -0.2) is 41.5 Å². The molecule has 3 aromatic carbocycles. The van der Waals surface area contributed by atoms with Crippen molar-refractivity contribution < 1.29 is 14.3 Å². The first kappa shape index (κ1) is 22.8. The van der Waals surface area contributed by atoms with E-state index in [1.807, 2.05) is 78.9 Å². The third kappa shape index (κ3) is 5.25. The molecule has 176 valence electrons. The minimum Gasteiger partial charge on any atom is -0.445 e. The number of carbonyl (C=O) groups excluding carboxylic acids is 2. The van der Waals surface area contributed by atoms with Crippen LogP contribution in [0.25, 0.3) is 21.7 Å². The molecule has 7 heteroatoms. The molecule has 6 nitrogen and oxygen atoms in total. The number of rotatable bonds is 5. The number of ether oxygens (including phenoxy) is 1. The lowest BCUT2D eigenvalue weighted by atomic mass is 10.1. The van der Waals surface area contributed by atoms with Crippen LogP contribution in [0, 0.1) is 0 Å². The fourth-order valence-corrected chi connectivity index (χ4v) is 5.16. The lowest BCUT2D eigenvalue weighted by Crippen LogP contribution is -2.36. The quantitative estimate of drug-likeness (QED) is 0.357. The Bertz CT molecular complexity index is 1240. The van der Waals surface area contributed by atoms with E-state index < -0.39 is 6.09 Å². The van der Waals surface area contributed by atoms with Crippen molar-refractivity contribution in [1.82, 2.24) is 9.88 Å². The first-order valence-electron chi connectivity index (χ1n) is 11.6. The van der Waals surface area contributed by atoms with Crippen LogP contribution in [0.3, 0.4) is 0 Å². The number of hydrogen-bond acceptors (Lipinski definition) is 5. The molecule has 0 saturated carbocycles. The van der Waals surface area contributed by atoms with Crippen molar-refractivity contribution in [1.29, 1.82) is 0 Å². The Balaban J connectivity index is 1.35. The van der Waals surface area contributed by atoms with Gasteiger partial charge in [-0.3, -0.25) is 9.69 Å². The molecule has 5 rings (SSSR count). The Morgan fingerprint density at radius 3 is 2.14 bits per heavy atom. The van der Waals surface area contributed by atoms with Gasteiger partial charge in [0.2, 0.25) is 5.91 Å². The maximum Gasteiger partial charge on any atom is 0.410 e. The Hall–Kier alpha value is -3.97. The summed E-state index contributed by atoms with van der Waals surface area (Å²) in [4.78, 5) is 35.0. The molecule has 0 bridgehead atoms. The highest BCUT2D eigenvalue weighted by Gasteiger charge is 2.28. The SMILES string of the molecule is O=C(OCc1ccccc1)N1CCC(=O)N(c2nc(-c3ccccc3)c(-c3ccccc3)s2)CC1. The van der Waals surface area contributed by atoms with Gasteiger partial charge in [-0.2, -0.15) is 0 Å². The monoisotopic (exact) mass is 483 g/mol. The van der Waals surface area contributed by atoms with Crippen molar-refractivity contribution in [2.75, 3.05) is 24.5 Å². The summed E-state index contributed by atoms with van der Waals surface area (Å²) in [5, 5.41) is 0.646. The molecular weight excluding hydrogens is 458 g/mol. The molecule has 1 aliphatic rings. The lowest BCUT2D eigenvalue weighted by molar-refractivity contribution is -0.118. The molecule has 0 unspecified atom stereocenters. The van der Waals surface area contributed by atoms with Crippen molar-refractivity contribution in [3.8, 4) is 21.7 Å². The second-order valence-corrected chi connectivity index (χ2v) is 9.21. The van der Waals surface area contributed by atoms with Gasteiger partial charge in [0.1, 0.15) is 6.61 Å². The van der Waals surface area contributed by atoms with E-state index in [9.17, 15) is 9.59 Å². The topological polar surface area (TPSA) is 62.7 Å². The van der Waals surface area contributed by atoms with E-state index >= 15 is 0 Å². The number of hydrogen-bond donors (Lipinski definition) is 0. The standard InChI is InChI=1S/C28H25N3O3S/c32-24-16-17-30(28(33)34-20-21-10-4-1-5-11-21)18-19-31(24)27-29-25(22-12-6-2-7-13-22)26(35-27)23-14-8-3-9-15-23/h1-15H,16-20H2. The predicted octanol–water partition coefficient (Wildman–Crippen LogP) is 5.85. The molecule has 2 heterocycles. The molecule has 0 atom stereocenters. The summed E-state index contributed by atoms with van der Waals surface area (Å²) in [6.07, 6.45) is -0.181. The summed E-state index contributed by atoms with van der Waals surface area (Å²) in [7, 11) is 0. The molecule has 2 amide bonds. The smallest absolute Gasteiger partial charge is 0.410 e. The van der Waals surface area contributed by atoms with Crippen LogP contribution < -0.4 is 4.90 Å². The third-order valence-corrected chi connectivity index (χ3v) is 7.01. The highest BCUT2D eigenvalue weighted by molar-refractivity contribution is 7.19. The Morgan fingerprint density at radius 1 is 0.829 bits per heavy atom. The number of amides is 2. The Kier molecular flexibility index (Phi) is 6.86. The van der Waals surface area contributed by atoms with Gasteiger partial charge < -0.3 is 9.64 Å². The van der Waals surface area contributed by atoms with Crippen LogP contribution in [0.4, 0.5) is 9.93 Å². The van der Waals surface area contributed by atoms with Crippen molar-refractivity contribution in [3.05, 3.63) is 96.6 Å². The number of thiazole rings is 1. The number of benzene rings is 3. The van der Waals surface area contributed by atoms with E-state index in [1.165, 1.54) is 11.3 Å². The van der Waals surface area contributed by atoms with Gasteiger partial charge in [-0.05, 0) is 11.1 Å². The highest BCUT2D eigenvalue weighted by atomic mass is 32.1. The van der Waals surface area contributed by atoms with Crippen LogP contribution in [0.5, 0.6) is 0 Å². The van der Waals surface area contributed by atoms with Crippen LogP contribution in [0.1, 0.15) is 12.0 Å². The van der Waals surface area contributed by atoms with Gasteiger partial charge in [0.05, 0.1) is 10.6 Å². The largest absolute Gasteiger partial charge is 0.445 e. The van der Waals surface area contributed by atoms with E-state index in [4.69, 9.17) is 9.72 Å². The third-order valence-electron chi connectivity index (χ3n) is 5.88. The molecule has 4 aromatic rings. The summed E-state index contributed by atoms with van der Waals surface area (Å²) < 4.78 is 5.48. The maximum atomic E-state index is 13.1. The average Bonchev–Trinajstić information content (AvgIpc) is 3.26. The number of carbonyl (C=O) groups is 2. The number of anilines is 1. The number of nitrogens with zero attached hydrogens (tertiary/aromatic N) is 3. The normalized spacial score (nSPS) is 14.0. The zero-order chi connectivity index (χ0) is 24.0. The van der Waals surface area contributed by atoms with Gasteiger partial charge in [0.25, 0.3) is 0 Å². The summed E-state index contributed by atoms with van der Waals surface area (Å²) >= 11 is 1.50. The molecule has 1 saturated heterocycles. The molecule has 1 aromatic heterocycles. The molecule has 0 radical (unpaired) electrons. The first-order valence-corrected chi connectivity index (χ1v) is 12.4. The second-order valence-electron chi connectivity index (χ2n) is 8.23. The number of aromatic nitrogens is 1. The van der Waals surface area contributed by atoms with Crippen LogP contribution in [-0.2, 0) is 16.1 Å². The zero-order valence-corrected chi connectivity index (χ0v) is 20.0. The molecule has 0 N–H and O–H groups in total. The Labute approximate surface area is 208 Å². The molecule has 1 fully saturated rings. The van der Waals surface area contributed by atoms with Gasteiger partial charge in [0, 0.05) is 31.6 Å². The van der Waals surface area contributed by atoms with Crippen molar-refractivity contribution >= 4 is 28.5 Å². The highest BCUT2D eigenvalue weighted by Crippen LogP contribution is 2.40. The average molecular weight is 484 g/mol. The van der Waals surface area contributed by atoms with Gasteiger partial charge >= 0.3 is 6.09 Å². The summed E-state index contributed by atoms with van der Waals surface area (Å²) in [5.74, 6) is -0.0451. The zero-order valence-electron chi connectivity index (χ0n) is 19.2. The van der Waals surface area contributed by atoms with E-state index in [0.29, 0.717) is 24.8 Å². The van der Waals surface area contributed by atoms with E-state index in [0.717, 1.165) is 27.3 Å². The maximum absolute atomic E-state index is 13.1. The first-order chi connectivity index (χ1) is 17.2. The fraction of sp³-hybridized carbons (Fsp3) is 0.179. The van der Waals surface area contributed by atoms with Gasteiger partial charge in [-0.15, -0.1) is 0 Å².